The van der Waals surface area contributed by atoms with Crippen molar-refractivity contribution in [3.8, 4) is 0 Å². The van der Waals surface area contributed by atoms with E-state index in [4.69, 9.17) is 21.0 Å². The molecule has 8 heteroatoms. The van der Waals surface area contributed by atoms with Crippen LogP contribution >= 0.6 is 11.6 Å². The molecule has 1 atom stereocenters. The standard InChI is InChI=1S/C26H27ClN4O3/c1-4-23(24-29-22-15-18(27)11-12-21(22)25(32)30(24)5-2)31(16-20-10-7-13-34-20)26(33)28-19-9-6-8-17(3)14-19/h6-15,23H,4-5,16H2,1-3H3,(H,28,33). The van der Waals surface area contributed by atoms with Crippen LogP contribution in [0.15, 0.2) is 70.1 Å². The molecule has 176 valence electrons. The van der Waals surface area contributed by atoms with Gasteiger partial charge in [0.05, 0.1) is 29.8 Å². The molecule has 0 saturated heterocycles. The highest BCUT2D eigenvalue weighted by Crippen LogP contribution is 2.27. The lowest BCUT2D eigenvalue weighted by Gasteiger charge is -2.31. The van der Waals surface area contributed by atoms with Crippen LogP contribution in [0.3, 0.4) is 0 Å². The van der Waals surface area contributed by atoms with Gasteiger partial charge >= 0.3 is 6.03 Å². The van der Waals surface area contributed by atoms with Crippen LogP contribution in [-0.2, 0) is 13.1 Å². The van der Waals surface area contributed by atoms with Gasteiger partial charge in [0.25, 0.3) is 5.56 Å². The van der Waals surface area contributed by atoms with Crippen LogP contribution in [0.25, 0.3) is 10.9 Å². The maximum atomic E-state index is 13.6. The van der Waals surface area contributed by atoms with Crippen molar-refractivity contribution in [2.75, 3.05) is 5.32 Å². The van der Waals surface area contributed by atoms with E-state index in [1.54, 1.807) is 40.0 Å². The minimum atomic E-state index is -0.481. The van der Waals surface area contributed by atoms with Crippen LogP contribution in [0.1, 0.15) is 43.5 Å². The summed E-state index contributed by atoms with van der Waals surface area (Å²) in [5, 5.41) is 3.98. The van der Waals surface area contributed by atoms with E-state index in [1.807, 2.05) is 51.1 Å². The molecule has 0 aliphatic rings. The van der Waals surface area contributed by atoms with Gasteiger partial charge in [-0.1, -0.05) is 30.7 Å². The van der Waals surface area contributed by atoms with Crippen LogP contribution < -0.4 is 10.9 Å². The number of anilines is 1. The summed E-state index contributed by atoms with van der Waals surface area (Å²) >= 11 is 6.19. The van der Waals surface area contributed by atoms with Crippen LogP contribution in [0.5, 0.6) is 0 Å². The Kier molecular flexibility index (Phi) is 7.03. The van der Waals surface area contributed by atoms with Crippen LogP contribution in [0.2, 0.25) is 5.02 Å². The molecule has 0 aliphatic heterocycles. The minimum Gasteiger partial charge on any atom is -0.467 e. The number of fused-ring (bicyclic) bond motifs is 1. The molecule has 0 bridgehead atoms. The number of aromatic nitrogens is 2. The van der Waals surface area contributed by atoms with Crippen molar-refractivity contribution in [1.29, 1.82) is 0 Å². The molecule has 2 aromatic heterocycles. The van der Waals surface area contributed by atoms with Crippen molar-refractivity contribution >= 4 is 34.2 Å². The van der Waals surface area contributed by atoms with Crippen LogP contribution in [0.4, 0.5) is 10.5 Å². The maximum absolute atomic E-state index is 13.6. The third-order valence-electron chi connectivity index (χ3n) is 5.76. The topological polar surface area (TPSA) is 80.4 Å². The van der Waals surface area contributed by atoms with E-state index in [-0.39, 0.29) is 18.1 Å². The molecule has 0 fully saturated rings. The molecular formula is C26H27ClN4O3. The molecule has 1 N–H and O–H groups in total. The second kappa shape index (κ2) is 10.1. The Morgan fingerprint density at radius 1 is 1.18 bits per heavy atom. The average Bonchev–Trinajstić information content (AvgIpc) is 3.32. The summed E-state index contributed by atoms with van der Waals surface area (Å²) in [5.41, 5.74) is 2.08. The number of nitrogens with zero attached hydrogens (tertiary/aromatic N) is 3. The van der Waals surface area contributed by atoms with E-state index in [2.05, 4.69) is 5.32 Å². The van der Waals surface area contributed by atoms with Gasteiger partial charge in [-0.25, -0.2) is 9.78 Å². The van der Waals surface area contributed by atoms with Crippen LogP contribution in [0, 0.1) is 6.92 Å². The molecule has 0 radical (unpaired) electrons. The van der Waals surface area contributed by atoms with Gasteiger partial charge in [0.1, 0.15) is 11.6 Å². The Balaban J connectivity index is 1.81. The van der Waals surface area contributed by atoms with Gasteiger partial charge in [-0.15, -0.1) is 0 Å². The predicted molar refractivity (Wildman–Crippen MR) is 134 cm³/mol. The summed E-state index contributed by atoms with van der Waals surface area (Å²) < 4.78 is 7.18. The first-order valence-electron chi connectivity index (χ1n) is 11.3. The van der Waals surface area contributed by atoms with E-state index in [0.717, 1.165) is 5.56 Å². The van der Waals surface area contributed by atoms with Gasteiger partial charge in [-0.2, -0.15) is 0 Å². The number of benzene rings is 2. The zero-order valence-electron chi connectivity index (χ0n) is 19.4. The average molecular weight is 479 g/mol. The molecule has 0 aliphatic carbocycles. The normalized spacial score (nSPS) is 12.0. The van der Waals surface area contributed by atoms with E-state index < -0.39 is 6.04 Å². The summed E-state index contributed by atoms with van der Waals surface area (Å²) in [4.78, 5) is 33.3. The molecule has 4 aromatic rings. The second-order valence-corrected chi connectivity index (χ2v) is 8.55. The third-order valence-corrected chi connectivity index (χ3v) is 6.00. The number of halogens is 1. The summed E-state index contributed by atoms with van der Waals surface area (Å²) in [6.45, 7) is 6.47. The fourth-order valence-electron chi connectivity index (χ4n) is 4.13. The molecule has 4 rings (SSSR count). The van der Waals surface area contributed by atoms with Gasteiger partial charge in [-0.3, -0.25) is 9.36 Å². The summed E-state index contributed by atoms with van der Waals surface area (Å²) in [6.07, 6.45) is 2.12. The highest BCUT2D eigenvalue weighted by molar-refractivity contribution is 6.31. The van der Waals surface area contributed by atoms with Crippen molar-refractivity contribution in [2.45, 2.75) is 46.3 Å². The number of nitrogens with one attached hydrogen (secondary N) is 1. The van der Waals surface area contributed by atoms with Gasteiger partial charge in [0.15, 0.2) is 0 Å². The smallest absolute Gasteiger partial charge is 0.322 e. The van der Waals surface area contributed by atoms with Crippen molar-refractivity contribution in [1.82, 2.24) is 14.5 Å². The fourth-order valence-corrected chi connectivity index (χ4v) is 4.29. The number of rotatable bonds is 7. The molecule has 2 amide bonds. The number of hydrogen-bond donors (Lipinski definition) is 1. The lowest BCUT2D eigenvalue weighted by atomic mass is 10.1. The molecule has 2 aromatic carbocycles. The minimum absolute atomic E-state index is 0.158. The van der Waals surface area contributed by atoms with Gasteiger partial charge in [-0.05, 0) is 68.3 Å². The largest absolute Gasteiger partial charge is 0.467 e. The molecular weight excluding hydrogens is 452 g/mol. The molecule has 0 saturated carbocycles. The van der Waals surface area contributed by atoms with Crippen molar-refractivity contribution in [3.63, 3.8) is 0 Å². The monoisotopic (exact) mass is 478 g/mol. The predicted octanol–water partition coefficient (Wildman–Crippen LogP) is 6.16. The van der Waals surface area contributed by atoms with E-state index in [9.17, 15) is 9.59 Å². The highest BCUT2D eigenvalue weighted by atomic mass is 35.5. The fraction of sp³-hybridized carbons (Fsp3) is 0.269. The van der Waals surface area contributed by atoms with Crippen molar-refractivity contribution in [2.24, 2.45) is 0 Å². The first kappa shape index (κ1) is 23.6. The Morgan fingerprint density at radius 2 is 2.00 bits per heavy atom. The Morgan fingerprint density at radius 3 is 2.68 bits per heavy atom. The zero-order valence-corrected chi connectivity index (χ0v) is 20.2. The number of hydrogen-bond acceptors (Lipinski definition) is 4. The Hall–Kier alpha value is -3.58. The number of carbonyl (C=O) groups is 1. The van der Waals surface area contributed by atoms with Gasteiger partial charge < -0.3 is 14.6 Å². The number of aryl methyl sites for hydroxylation is 1. The van der Waals surface area contributed by atoms with E-state index in [1.165, 1.54) is 0 Å². The van der Waals surface area contributed by atoms with E-state index in [0.29, 0.717) is 46.2 Å². The molecule has 34 heavy (non-hydrogen) atoms. The highest BCUT2D eigenvalue weighted by Gasteiger charge is 2.29. The summed E-state index contributed by atoms with van der Waals surface area (Å²) in [5.74, 6) is 1.14. The Bertz CT molecular complexity index is 1360. The quantitative estimate of drug-likeness (QED) is 0.345. The lowest BCUT2D eigenvalue weighted by molar-refractivity contribution is 0.169. The summed E-state index contributed by atoms with van der Waals surface area (Å²) in [6, 6.07) is 15.5. The summed E-state index contributed by atoms with van der Waals surface area (Å²) in [7, 11) is 0. The van der Waals surface area contributed by atoms with E-state index >= 15 is 0 Å². The number of furan rings is 1. The molecule has 0 spiro atoms. The van der Waals surface area contributed by atoms with Crippen molar-refractivity contribution < 1.29 is 9.21 Å². The Labute approximate surface area is 203 Å². The van der Waals surface area contributed by atoms with Crippen molar-refractivity contribution in [3.05, 3.63) is 93.4 Å². The molecule has 7 nitrogen and oxygen atoms in total. The van der Waals surface area contributed by atoms with Gasteiger partial charge in [0, 0.05) is 17.3 Å². The van der Waals surface area contributed by atoms with Crippen LogP contribution in [-0.4, -0.2) is 20.5 Å². The zero-order chi connectivity index (χ0) is 24.2. The SMILES string of the molecule is CCC(c1nc2cc(Cl)ccc2c(=O)n1CC)N(Cc1ccco1)C(=O)Nc1cccc(C)c1. The maximum Gasteiger partial charge on any atom is 0.322 e. The first-order valence-corrected chi connectivity index (χ1v) is 11.7. The lowest BCUT2D eigenvalue weighted by Crippen LogP contribution is -2.40. The first-order chi connectivity index (χ1) is 16.4. The van der Waals surface area contributed by atoms with Gasteiger partial charge in [0.2, 0.25) is 0 Å². The molecule has 1 unspecified atom stereocenters. The number of amides is 2. The number of carbonyl (C=O) groups excluding carboxylic acids is 1. The third kappa shape index (κ3) is 4.84. The number of urea groups is 1. The second-order valence-electron chi connectivity index (χ2n) is 8.11. The molecule has 2 heterocycles.